The molecule has 0 radical (unpaired) electrons. The number of nitrogens with zero attached hydrogens (tertiary/aromatic N) is 2. The molecule has 3 rings (SSSR count). The number of nitrogens with two attached hydrogens (primary N) is 1. The van der Waals surface area contributed by atoms with E-state index in [1.807, 2.05) is 12.1 Å². The topological polar surface area (TPSA) is 56.4 Å². The first-order valence-corrected chi connectivity index (χ1v) is 8.07. The molecule has 0 spiro atoms. The minimum atomic E-state index is 0.151. The van der Waals surface area contributed by atoms with Gasteiger partial charge in [0.1, 0.15) is 5.84 Å². The number of rotatable bonds is 2. The quantitative estimate of drug-likeness (QED) is 0.644. The van der Waals surface area contributed by atoms with Crippen molar-refractivity contribution in [3.63, 3.8) is 0 Å². The van der Waals surface area contributed by atoms with E-state index in [0.717, 1.165) is 35.4 Å². The number of anilines is 1. The molecule has 20 heavy (non-hydrogen) atoms. The zero-order valence-electron chi connectivity index (χ0n) is 11.6. The van der Waals surface area contributed by atoms with Crippen molar-refractivity contribution in [2.24, 2.45) is 5.73 Å². The van der Waals surface area contributed by atoms with Gasteiger partial charge in [-0.1, -0.05) is 22.4 Å². The van der Waals surface area contributed by atoms with E-state index < -0.39 is 0 Å². The van der Waals surface area contributed by atoms with Crippen LogP contribution in [0.25, 0.3) is 0 Å². The fraction of sp³-hybridized carbons (Fsp3) is 0.533. The van der Waals surface area contributed by atoms with Crippen molar-refractivity contribution >= 4 is 27.5 Å². The maximum absolute atomic E-state index is 7.77. The second-order valence-electron chi connectivity index (χ2n) is 5.71. The monoisotopic (exact) mass is 336 g/mol. The van der Waals surface area contributed by atoms with Crippen LogP contribution in [-0.2, 0) is 0 Å². The third-order valence-corrected chi connectivity index (χ3v) is 4.92. The molecule has 0 amide bonds. The minimum Gasteiger partial charge on any atom is -0.384 e. The van der Waals surface area contributed by atoms with E-state index in [-0.39, 0.29) is 5.84 Å². The van der Waals surface area contributed by atoms with E-state index in [1.54, 1.807) is 0 Å². The zero-order valence-corrected chi connectivity index (χ0v) is 13.2. The molecule has 108 valence electrons. The summed E-state index contributed by atoms with van der Waals surface area (Å²) in [5, 5.41) is 7.77. The van der Waals surface area contributed by atoms with Crippen LogP contribution in [0.5, 0.6) is 0 Å². The maximum atomic E-state index is 7.77. The molecule has 3 N–H and O–H groups in total. The SMILES string of the molecule is N=C(N)c1ccc(Br)cc1N1CCN2CCCCC2C1. The highest BCUT2D eigenvalue weighted by atomic mass is 79.9. The second kappa shape index (κ2) is 5.74. The molecule has 2 saturated heterocycles. The Balaban J connectivity index is 1.85. The van der Waals surface area contributed by atoms with E-state index in [4.69, 9.17) is 11.1 Å². The van der Waals surface area contributed by atoms with Gasteiger partial charge in [0, 0.05) is 41.4 Å². The highest BCUT2D eigenvalue weighted by molar-refractivity contribution is 9.10. The van der Waals surface area contributed by atoms with Crippen LogP contribution in [0.2, 0.25) is 0 Å². The summed E-state index contributed by atoms with van der Waals surface area (Å²) in [6.07, 6.45) is 3.97. The molecule has 0 aromatic heterocycles. The van der Waals surface area contributed by atoms with Crippen molar-refractivity contribution in [1.82, 2.24) is 4.90 Å². The molecule has 1 aromatic rings. The summed E-state index contributed by atoms with van der Waals surface area (Å²) in [4.78, 5) is 5.01. The lowest BCUT2D eigenvalue weighted by Gasteiger charge is -2.45. The molecule has 0 bridgehead atoms. The molecule has 5 heteroatoms. The van der Waals surface area contributed by atoms with Crippen LogP contribution in [0.4, 0.5) is 5.69 Å². The summed E-state index contributed by atoms with van der Waals surface area (Å²) in [6.45, 7) is 4.44. The molecular weight excluding hydrogens is 316 g/mol. The van der Waals surface area contributed by atoms with Gasteiger partial charge in [0.2, 0.25) is 0 Å². The highest BCUT2D eigenvalue weighted by Crippen LogP contribution is 2.29. The van der Waals surface area contributed by atoms with Crippen LogP contribution in [0, 0.1) is 5.41 Å². The first-order chi connectivity index (χ1) is 9.65. The average Bonchev–Trinajstić information content (AvgIpc) is 2.46. The van der Waals surface area contributed by atoms with Gasteiger partial charge >= 0.3 is 0 Å². The van der Waals surface area contributed by atoms with Crippen molar-refractivity contribution in [1.29, 1.82) is 5.41 Å². The molecule has 1 unspecified atom stereocenters. The predicted octanol–water partition coefficient (Wildman–Crippen LogP) is 2.41. The van der Waals surface area contributed by atoms with Gasteiger partial charge in [-0.05, 0) is 37.6 Å². The second-order valence-corrected chi connectivity index (χ2v) is 6.62. The summed E-state index contributed by atoms with van der Waals surface area (Å²) < 4.78 is 1.04. The summed E-state index contributed by atoms with van der Waals surface area (Å²) in [5.41, 5.74) is 7.67. The molecule has 0 saturated carbocycles. The molecule has 2 fully saturated rings. The summed E-state index contributed by atoms with van der Waals surface area (Å²) in [6, 6.07) is 6.65. The van der Waals surface area contributed by atoms with Gasteiger partial charge < -0.3 is 10.6 Å². The molecule has 4 nitrogen and oxygen atoms in total. The normalized spacial score (nSPS) is 23.4. The van der Waals surface area contributed by atoms with Crippen LogP contribution in [0.3, 0.4) is 0 Å². The lowest BCUT2D eigenvalue weighted by Crippen LogP contribution is -2.55. The number of amidine groups is 1. The van der Waals surface area contributed by atoms with Crippen molar-refractivity contribution in [2.75, 3.05) is 31.1 Å². The first-order valence-electron chi connectivity index (χ1n) is 7.28. The fourth-order valence-electron chi connectivity index (χ4n) is 3.37. The Labute approximate surface area is 128 Å². The number of halogens is 1. The van der Waals surface area contributed by atoms with E-state index >= 15 is 0 Å². The van der Waals surface area contributed by atoms with Gasteiger partial charge in [-0.25, -0.2) is 0 Å². The van der Waals surface area contributed by atoms with Gasteiger partial charge in [-0.2, -0.15) is 0 Å². The lowest BCUT2D eigenvalue weighted by molar-refractivity contribution is 0.133. The average molecular weight is 337 g/mol. The lowest BCUT2D eigenvalue weighted by atomic mass is 9.98. The predicted molar refractivity (Wildman–Crippen MR) is 86.6 cm³/mol. The molecular formula is C15H21BrN4. The Morgan fingerprint density at radius 1 is 1.25 bits per heavy atom. The van der Waals surface area contributed by atoms with Crippen LogP contribution < -0.4 is 10.6 Å². The van der Waals surface area contributed by atoms with Crippen LogP contribution in [0.1, 0.15) is 24.8 Å². The first kappa shape index (κ1) is 13.9. The number of piperidine rings is 1. The molecule has 0 aliphatic carbocycles. The molecule has 2 heterocycles. The number of hydrogen-bond acceptors (Lipinski definition) is 3. The van der Waals surface area contributed by atoms with Gasteiger partial charge in [0.05, 0.1) is 0 Å². The van der Waals surface area contributed by atoms with Crippen LogP contribution in [-0.4, -0.2) is 43.0 Å². The number of fused-ring (bicyclic) bond motifs is 1. The summed E-state index contributed by atoms with van der Waals surface area (Å²) in [5.74, 6) is 0.151. The Bertz CT molecular complexity index is 517. The van der Waals surface area contributed by atoms with Crippen molar-refractivity contribution in [3.05, 3.63) is 28.2 Å². The maximum Gasteiger partial charge on any atom is 0.124 e. The van der Waals surface area contributed by atoms with Gasteiger partial charge in [0.25, 0.3) is 0 Å². The smallest absolute Gasteiger partial charge is 0.124 e. The van der Waals surface area contributed by atoms with Crippen molar-refractivity contribution in [2.45, 2.75) is 25.3 Å². The van der Waals surface area contributed by atoms with E-state index in [0.29, 0.717) is 6.04 Å². The van der Waals surface area contributed by atoms with Crippen molar-refractivity contribution in [3.8, 4) is 0 Å². The molecule has 2 aliphatic rings. The number of nitrogen functional groups attached to an aromatic ring is 1. The largest absolute Gasteiger partial charge is 0.384 e. The summed E-state index contributed by atoms with van der Waals surface area (Å²) in [7, 11) is 0. The Morgan fingerprint density at radius 3 is 2.90 bits per heavy atom. The van der Waals surface area contributed by atoms with E-state index in [2.05, 4.69) is 31.8 Å². The van der Waals surface area contributed by atoms with Gasteiger partial charge in [-0.3, -0.25) is 10.3 Å². The third kappa shape index (κ3) is 2.69. The molecule has 1 aromatic carbocycles. The standard InChI is InChI=1S/C15H21BrN4/c16-11-4-5-13(15(17)18)14(9-11)20-8-7-19-6-2-1-3-12(19)10-20/h4-5,9,12H,1-3,6-8,10H2,(H3,17,18). The van der Waals surface area contributed by atoms with E-state index in [1.165, 1.54) is 25.8 Å². The summed E-state index contributed by atoms with van der Waals surface area (Å²) >= 11 is 3.53. The van der Waals surface area contributed by atoms with E-state index in [9.17, 15) is 0 Å². The Kier molecular flexibility index (Phi) is 3.98. The van der Waals surface area contributed by atoms with Crippen LogP contribution in [0.15, 0.2) is 22.7 Å². The number of benzene rings is 1. The van der Waals surface area contributed by atoms with Gasteiger partial charge in [-0.15, -0.1) is 0 Å². The fourth-order valence-corrected chi connectivity index (χ4v) is 3.72. The number of nitrogens with one attached hydrogen (secondary N) is 1. The number of piperazine rings is 1. The minimum absolute atomic E-state index is 0.151. The third-order valence-electron chi connectivity index (χ3n) is 4.43. The molecule has 1 atom stereocenters. The Hall–Kier alpha value is -1.07. The number of hydrogen-bond donors (Lipinski definition) is 2. The van der Waals surface area contributed by atoms with Gasteiger partial charge in [0.15, 0.2) is 0 Å². The highest BCUT2D eigenvalue weighted by Gasteiger charge is 2.29. The molecule has 2 aliphatic heterocycles. The zero-order chi connectivity index (χ0) is 14.1. The van der Waals surface area contributed by atoms with Crippen molar-refractivity contribution < 1.29 is 0 Å². The Morgan fingerprint density at radius 2 is 2.10 bits per heavy atom. The van der Waals surface area contributed by atoms with Crippen LogP contribution >= 0.6 is 15.9 Å².